The number of nitrogens with one attached hydrogen (secondary N) is 1. The zero-order valence-electron chi connectivity index (χ0n) is 7.40. The molecule has 86 valence electrons. The molecule has 1 aromatic heterocycles. The first-order chi connectivity index (χ1) is 7.35. The highest BCUT2D eigenvalue weighted by Crippen LogP contribution is 2.31. The minimum Gasteiger partial charge on any atom is -0.406 e. The summed E-state index contributed by atoms with van der Waals surface area (Å²) in [5.41, 5.74) is 0.804. The lowest BCUT2D eigenvalue weighted by Crippen LogP contribution is -2.17. The number of alkyl halides is 3. The van der Waals surface area contributed by atoms with Crippen LogP contribution in [0, 0.1) is 0 Å². The number of benzene rings is 1. The van der Waals surface area contributed by atoms with Crippen LogP contribution in [-0.4, -0.2) is 16.3 Å². The Hall–Kier alpha value is -0.950. The van der Waals surface area contributed by atoms with E-state index in [1.165, 1.54) is 12.1 Å². The first-order valence-electron chi connectivity index (χ1n) is 3.96. The second-order valence-corrected chi connectivity index (χ2v) is 4.09. The van der Waals surface area contributed by atoms with Gasteiger partial charge in [-0.05, 0) is 33.6 Å². The van der Waals surface area contributed by atoms with Gasteiger partial charge < -0.3 is 9.72 Å². The van der Waals surface area contributed by atoms with Crippen molar-refractivity contribution in [1.29, 1.82) is 0 Å². The Morgan fingerprint density at radius 3 is 2.69 bits per heavy atom. The highest BCUT2D eigenvalue weighted by Gasteiger charge is 2.31. The van der Waals surface area contributed by atoms with E-state index in [4.69, 9.17) is 11.6 Å². The molecule has 0 amide bonds. The fraction of sp³-hybridized carbons (Fsp3) is 0.125. The SMILES string of the molecule is FC(F)(F)Oc1cc(Br)c2nc(Cl)[nH]c2c1. The summed E-state index contributed by atoms with van der Waals surface area (Å²) < 4.78 is 40.1. The van der Waals surface area contributed by atoms with E-state index in [1.54, 1.807) is 0 Å². The molecular weight excluding hydrogens is 312 g/mol. The van der Waals surface area contributed by atoms with Gasteiger partial charge in [0.25, 0.3) is 0 Å². The van der Waals surface area contributed by atoms with E-state index < -0.39 is 6.36 Å². The Kier molecular flexibility index (Phi) is 2.75. The van der Waals surface area contributed by atoms with E-state index in [9.17, 15) is 13.2 Å². The summed E-state index contributed by atoms with van der Waals surface area (Å²) in [6.07, 6.45) is -4.73. The van der Waals surface area contributed by atoms with Crippen molar-refractivity contribution in [3.05, 3.63) is 21.9 Å². The number of hydrogen-bond donors (Lipinski definition) is 1. The van der Waals surface area contributed by atoms with Gasteiger partial charge in [0.1, 0.15) is 11.3 Å². The molecule has 0 aliphatic heterocycles. The Morgan fingerprint density at radius 1 is 1.38 bits per heavy atom. The fourth-order valence-electron chi connectivity index (χ4n) is 1.21. The quantitative estimate of drug-likeness (QED) is 0.867. The molecule has 0 saturated carbocycles. The Morgan fingerprint density at radius 2 is 2.06 bits per heavy atom. The first kappa shape index (κ1) is 11.5. The predicted octanol–water partition coefficient (Wildman–Crippen LogP) is 3.88. The van der Waals surface area contributed by atoms with Crippen LogP contribution in [0.1, 0.15) is 0 Å². The minimum absolute atomic E-state index is 0.0971. The average molecular weight is 315 g/mol. The number of fused-ring (bicyclic) bond motifs is 1. The molecule has 2 aromatic rings. The molecule has 0 saturated heterocycles. The molecule has 16 heavy (non-hydrogen) atoms. The standard InChI is InChI=1S/C8H3BrClF3N2O/c9-4-1-3(16-8(11,12)13)2-5-6(4)15-7(10)14-5/h1-2H,(H,14,15). The number of aromatic nitrogens is 2. The van der Waals surface area contributed by atoms with Crippen molar-refractivity contribution in [2.24, 2.45) is 0 Å². The summed E-state index contributed by atoms with van der Waals surface area (Å²) >= 11 is 8.67. The number of ether oxygens (including phenoxy) is 1. The monoisotopic (exact) mass is 314 g/mol. The number of H-pyrrole nitrogens is 1. The van der Waals surface area contributed by atoms with Crippen LogP contribution in [0.15, 0.2) is 16.6 Å². The van der Waals surface area contributed by atoms with E-state index >= 15 is 0 Å². The molecule has 1 heterocycles. The zero-order chi connectivity index (χ0) is 11.9. The first-order valence-corrected chi connectivity index (χ1v) is 5.13. The highest BCUT2D eigenvalue weighted by atomic mass is 79.9. The zero-order valence-corrected chi connectivity index (χ0v) is 9.74. The second kappa shape index (κ2) is 3.81. The van der Waals surface area contributed by atoms with Gasteiger partial charge in [0.2, 0.25) is 5.28 Å². The number of rotatable bonds is 1. The Balaban J connectivity index is 2.49. The summed E-state index contributed by atoms with van der Waals surface area (Å²) in [6.45, 7) is 0. The van der Waals surface area contributed by atoms with Crippen LogP contribution in [0.4, 0.5) is 13.2 Å². The molecular formula is C8H3BrClF3N2O. The molecule has 0 unspecified atom stereocenters. The minimum atomic E-state index is -4.73. The van der Waals surface area contributed by atoms with E-state index in [1.807, 2.05) is 0 Å². The summed E-state index contributed by atoms with van der Waals surface area (Å²) in [6, 6.07) is 2.35. The van der Waals surface area contributed by atoms with Crippen molar-refractivity contribution < 1.29 is 17.9 Å². The molecule has 0 fully saturated rings. The van der Waals surface area contributed by atoms with Gasteiger partial charge in [-0.1, -0.05) is 0 Å². The molecule has 1 N–H and O–H groups in total. The molecule has 1 aromatic carbocycles. The Labute approximate surface area is 101 Å². The van der Waals surface area contributed by atoms with Gasteiger partial charge >= 0.3 is 6.36 Å². The van der Waals surface area contributed by atoms with Crippen LogP contribution in [-0.2, 0) is 0 Å². The van der Waals surface area contributed by atoms with E-state index in [2.05, 4.69) is 30.6 Å². The van der Waals surface area contributed by atoms with Gasteiger partial charge in [-0.2, -0.15) is 0 Å². The highest BCUT2D eigenvalue weighted by molar-refractivity contribution is 9.10. The second-order valence-electron chi connectivity index (χ2n) is 2.88. The number of nitrogens with zero attached hydrogens (tertiary/aromatic N) is 1. The maximum absolute atomic E-state index is 12.0. The van der Waals surface area contributed by atoms with Crippen LogP contribution in [0.2, 0.25) is 5.28 Å². The van der Waals surface area contributed by atoms with Crippen molar-refractivity contribution in [1.82, 2.24) is 9.97 Å². The summed E-state index contributed by atoms with van der Waals surface area (Å²) in [4.78, 5) is 6.48. The van der Waals surface area contributed by atoms with Crippen molar-refractivity contribution >= 4 is 38.6 Å². The topological polar surface area (TPSA) is 37.9 Å². The van der Waals surface area contributed by atoms with Gasteiger partial charge in [0, 0.05) is 10.5 Å². The lowest BCUT2D eigenvalue weighted by molar-refractivity contribution is -0.274. The lowest BCUT2D eigenvalue weighted by atomic mass is 10.3. The molecule has 0 radical (unpaired) electrons. The van der Waals surface area contributed by atoms with Gasteiger partial charge in [-0.15, -0.1) is 13.2 Å². The van der Waals surface area contributed by atoms with Crippen molar-refractivity contribution in [3.8, 4) is 5.75 Å². The van der Waals surface area contributed by atoms with E-state index in [0.717, 1.165) is 0 Å². The van der Waals surface area contributed by atoms with E-state index in [0.29, 0.717) is 15.5 Å². The van der Waals surface area contributed by atoms with Gasteiger partial charge in [-0.3, -0.25) is 0 Å². The number of aromatic amines is 1. The van der Waals surface area contributed by atoms with Gasteiger partial charge in [-0.25, -0.2) is 4.98 Å². The van der Waals surface area contributed by atoms with Crippen molar-refractivity contribution in [2.75, 3.05) is 0 Å². The number of halogens is 5. The smallest absolute Gasteiger partial charge is 0.406 e. The fourth-order valence-corrected chi connectivity index (χ4v) is 1.93. The number of hydrogen-bond acceptors (Lipinski definition) is 2. The molecule has 8 heteroatoms. The van der Waals surface area contributed by atoms with Crippen LogP contribution in [0.25, 0.3) is 11.0 Å². The summed E-state index contributed by atoms with van der Waals surface area (Å²) in [5, 5.41) is 0.0971. The third kappa shape index (κ3) is 2.41. The van der Waals surface area contributed by atoms with Crippen molar-refractivity contribution in [3.63, 3.8) is 0 Å². The van der Waals surface area contributed by atoms with Crippen molar-refractivity contribution in [2.45, 2.75) is 6.36 Å². The third-order valence-electron chi connectivity index (χ3n) is 1.72. The lowest BCUT2D eigenvalue weighted by Gasteiger charge is -2.08. The predicted molar refractivity (Wildman–Crippen MR) is 55.5 cm³/mol. The molecule has 0 aliphatic carbocycles. The van der Waals surface area contributed by atoms with E-state index in [-0.39, 0.29) is 11.0 Å². The summed E-state index contributed by atoms with van der Waals surface area (Å²) in [7, 11) is 0. The maximum Gasteiger partial charge on any atom is 0.573 e. The molecule has 0 atom stereocenters. The third-order valence-corrected chi connectivity index (χ3v) is 2.50. The molecule has 0 bridgehead atoms. The average Bonchev–Trinajstić information content (AvgIpc) is 2.42. The molecule has 3 nitrogen and oxygen atoms in total. The normalized spacial score (nSPS) is 12.1. The Bertz CT molecular complexity index is 540. The molecule has 0 aliphatic rings. The van der Waals surface area contributed by atoms with Gasteiger partial charge in [0.15, 0.2) is 0 Å². The van der Waals surface area contributed by atoms with Crippen LogP contribution >= 0.6 is 27.5 Å². The largest absolute Gasteiger partial charge is 0.573 e. The number of imidazole rings is 1. The van der Waals surface area contributed by atoms with Crippen LogP contribution in [0.5, 0.6) is 5.75 Å². The maximum atomic E-state index is 12.0. The van der Waals surface area contributed by atoms with Crippen LogP contribution < -0.4 is 4.74 Å². The van der Waals surface area contributed by atoms with Crippen LogP contribution in [0.3, 0.4) is 0 Å². The molecule has 2 rings (SSSR count). The summed E-state index contributed by atoms with van der Waals surface area (Å²) in [5.74, 6) is -0.341. The van der Waals surface area contributed by atoms with Gasteiger partial charge in [0.05, 0.1) is 5.52 Å². The molecule has 0 spiro atoms.